The van der Waals surface area contributed by atoms with Crippen LogP contribution in [0.2, 0.25) is 0 Å². The molecular formula is C15H7F17O5. The molecule has 1 rings (SSSR count). The number of carboxylic acid groups (broad SMARTS) is 1. The monoisotopic (exact) mass is 590 g/mol. The molecule has 5 nitrogen and oxygen atoms in total. The van der Waals surface area contributed by atoms with E-state index >= 15 is 0 Å². The van der Waals surface area contributed by atoms with Crippen molar-refractivity contribution in [2.75, 3.05) is 6.61 Å². The van der Waals surface area contributed by atoms with Crippen LogP contribution < -0.4 is 0 Å². The highest BCUT2D eigenvalue weighted by atomic mass is 19.4. The molecule has 3 atom stereocenters. The van der Waals surface area contributed by atoms with E-state index in [1.165, 1.54) is 0 Å². The summed E-state index contributed by atoms with van der Waals surface area (Å²) in [5.74, 6) is -47.6. The fourth-order valence-electron chi connectivity index (χ4n) is 2.46. The van der Waals surface area contributed by atoms with Crippen LogP contribution in [0, 0.1) is 0 Å². The first-order chi connectivity index (χ1) is 16.1. The Labute approximate surface area is 190 Å². The summed E-state index contributed by atoms with van der Waals surface area (Å²) in [6.45, 7) is -1.40. The summed E-state index contributed by atoms with van der Waals surface area (Å²) in [6, 6.07) is 0. The van der Waals surface area contributed by atoms with E-state index < -0.39 is 84.5 Å². The van der Waals surface area contributed by atoms with Crippen LogP contribution >= 0.6 is 0 Å². The summed E-state index contributed by atoms with van der Waals surface area (Å²) < 4.78 is 235. The Kier molecular flexibility index (Phi) is 7.93. The largest absolute Gasteiger partial charge is 0.478 e. The van der Waals surface area contributed by atoms with Gasteiger partial charge in [0.2, 0.25) is 0 Å². The van der Waals surface area contributed by atoms with E-state index in [4.69, 9.17) is 5.11 Å². The fourth-order valence-corrected chi connectivity index (χ4v) is 2.46. The summed E-state index contributed by atoms with van der Waals surface area (Å²) in [5, 5.41) is 8.24. The topological polar surface area (TPSA) is 76.1 Å². The second-order valence-corrected chi connectivity index (χ2v) is 6.98. The van der Waals surface area contributed by atoms with Gasteiger partial charge in [0.1, 0.15) is 6.10 Å². The molecule has 37 heavy (non-hydrogen) atoms. The number of carboxylic acids is 1. The van der Waals surface area contributed by atoms with E-state index in [0.717, 1.165) is 0 Å². The van der Waals surface area contributed by atoms with Gasteiger partial charge in [-0.1, -0.05) is 0 Å². The van der Waals surface area contributed by atoms with Gasteiger partial charge in [0.05, 0.1) is 6.61 Å². The van der Waals surface area contributed by atoms with Crippen LogP contribution in [0.1, 0.15) is 0 Å². The molecule has 22 heteroatoms. The molecule has 0 aromatic rings. The SMILES string of the molecule is O=C(O)/C=C\C(=O)OC(C1CO1)C(F)(C(F)(F)F)C(F)(F)C(F)(F)C(F)(F)C(F)(F)C(F)(F)C(F)(F)F. The zero-order valence-corrected chi connectivity index (χ0v) is 16.5. The first-order valence-corrected chi connectivity index (χ1v) is 8.50. The van der Waals surface area contributed by atoms with Crippen LogP contribution in [-0.4, -0.2) is 83.5 Å². The van der Waals surface area contributed by atoms with Crippen molar-refractivity contribution in [1.82, 2.24) is 0 Å². The first-order valence-electron chi connectivity index (χ1n) is 8.50. The predicted octanol–water partition coefficient (Wildman–Crippen LogP) is 4.95. The number of hydrogen-bond acceptors (Lipinski definition) is 4. The third kappa shape index (κ3) is 4.87. The van der Waals surface area contributed by atoms with Crippen molar-refractivity contribution < 1.29 is 98.8 Å². The second-order valence-electron chi connectivity index (χ2n) is 6.98. The van der Waals surface area contributed by atoms with Gasteiger partial charge < -0.3 is 14.6 Å². The smallest absolute Gasteiger partial charge is 0.460 e. The Morgan fingerprint density at radius 2 is 1.05 bits per heavy atom. The van der Waals surface area contributed by atoms with Crippen molar-refractivity contribution in [3.63, 3.8) is 0 Å². The van der Waals surface area contributed by atoms with Gasteiger partial charge in [-0.15, -0.1) is 0 Å². The molecule has 0 aliphatic carbocycles. The fraction of sp³-hybridized carbons (Fsp3) is 0.733. The normalized spacial score (nSPS) is 20.9. The van der Waals surface area contributed by atoms with Gasteiger partial charge in [0.25, 0.3) is 0 Å². The lowest BCUT2D eigenvalue weighted by Crippen LogP contribution is -2.77. The molecule has 0 saturated carbocycles. The third-order valence-corrected chi connectivity index (χ3v) is 4.50. The molecule has 1 N–H and O–H groups in total. The average Bonchev–Trinajstić information content (AvgIpc) is 3.52. The maximum atomic E-state index is 14.9. The molecule has 1 aliphatic rings. The van der Waals surface area contributed by atoms with Crippen LogP contribution in [0.3, 0.4) is 0 Å². The highest BCUT2D eigenvalue weighted by Crippen LogP contribution is 2.65. The van der Waals surface area contributed by atoms with E-state index in [2.05, 4.69) is 9.47 Å². The van der Waals surface area contributed by atoms with E-state index in [1.54, 1.807) is 0 Å². The number of carbonyl (C=O) groups excluding carboxylic acids is 1. The van der Waals surface area contributed by atoms with E-state index in [0.29, 0.717) is 0 Å². The summed E-state index contributed by atoms with van der Waals surface area (Å²) in [5.41, 5.74) is -7.45. The number of esters is 1. The highest BCUT2D eigenvalue weighted by Gasteiger charge is 2.96. The molecule has 216 valence electrons. The van der Waals surface area contributed by atoms with E-state index in [-0.39, 0.29) is 6.08 Å². The molecule has 0 radical (unpaired) electrons. The minimum atomic E-state index is -8.78. The van der Waals surface area contributed by atoms with Gasteiger partial charge in [-0.25, -0.2) is 14.0 Å². The van der Waals surface area contributed by atoms with Crippen molar-refractivity contribution in [1.29, 1.82) is 0 Å². The third-order valence-electron chi connectivity index (χ3n) is 4.50. The van der Waals surface area contributed by atoms with Gasteiger partial charge in [0, 0.05) is 12.2 Å². The van der Waals surface area contributed by atoms with Crippen molar-refractivity contribution >= 4 is 11.9 Å². The number of carbonyl (C=O) groups is 2. The number of rotatable bonds is 10. The average molecular weight is 590 g/mol. The van der Waals surface area contributed by atoms with Crippen molar-refractivity contribution in [3.05, 3.63) is 12.2 Å². The van der Waals surface area contributed by atoms with Gasteiger partial charge in [0.15, 0.2) is 6.10 Å². The standard InChI is InChI=1S/C15H7F17O5/c16-8(14(27,28)29,7(4-3-36-4)37-6(35)2-1-5(33)34)9(17,18)10(19,20)11(21,22)12(23,24)13(25,26)15(30,31)32/h1-2,4,7H,3H2,(H,33,34)/b2-1-. The second kappa shape index (κ2) is 9.03. The number of hydrogen-bond donors (Lipinski definition) is 1. The van der Waals surface area contributed by atoms with Crippen LogP contribution in [0.4, 0.5) is 74.6 Å². The zero-order valence-electron chi connectivity index (χ0n) is 16.5. The van der Waals surface area contributed by atoms with Crippen LogP contribution in [-0.2, 0) is 19.1 Å². The van der Waals surface area contributed by atoms with Crippen molar-refractivity contribution in [2.45, 2.75) is 59.8 Å². The van der Waals surface area contributed by atoms with Gasteiger partial charge in [-0.2, -0.15) is 70.2 Å². The lowest BCUT2D eigenvalue weighted by Gasteiger charge is -2.45. The molecule has 0 aromatic heterocycles. The molecule has 0 amide bonds. The van der Waals surface area contributed by atoms with Crippen LogP contribution in [0.5, 0.6) is 0 Å². The summed E-state index contributed by atoms with van der Waals surface area (Å²) >= 11 is 0. The highest BCUT2D eigenvalue weighted by molar-refractivity contribution is 5.90. The molecule has 3 unspecified atom stereocenters. The van der Waals surface area contributed by atoms with Gasteiger partial charge >= 0.3 is 59.6 Å². The predicted molar refractivity (Wildman–Crippen MR) is 77.1 cm³/mol. The zero-order chi connectivity index (χ0) is 29.8. The summed E-state index contributed by atoms with van der Waals surface area (Å²) in [6.07, 6.45) is -23.8. The molecule has 1 heterocycles. The van der Waals surface area contributed by atoms with Crippen molar-refractivity contribution in [3.8, 4) is 0 Å². The molecule has 0 spiro atoms. The van der Waals surface area contributed by atoms with E-state index in [1.807, 2.05) is 0 Å². The van der Waals surface area contributed by atoms with Gasteiger partial charge in [-0.3, -0.25) is 0 Å². The van der Waals surface area contributed by atoms with Crippen LogP contribution in [0.25, 0.3) is 0 Å². The first kappa shape index (κ1) is 32.5. The molecule has 0 bridgehead atoms. The number of ether oxygens (including phenoxy) is 2. The van der Waals surface area contributed by atoms with E-state index in [9.17, 15) is 84.2 Å². The quantitative estimate of drug-likeness (QED) is 0.169. The molecule has 0 aromatic carbocycles. The Balaban J connectivity index is 3.82. The minimum absolute atomic E-state index is 0.318. The Hall–Kier alpha value is -2.55. The number of aliphatic carboxylic acids is 1. The minimum Gasteiger partial charge on any atom is -0.478 e. The summed E-state index contributed by atoms with van der Waals surface area (Å²) in [4.78, 5) is 21.6. The maximum absolute atomic E-state index is 14.9. The maximum Gasteiger partial charge on any atom is 0.460 e. The van der Waals surface area contributed by atoms with Crippen molar-refractivity contribution in [2.24, 2.45) is 0 Å². The van der Waals surface area contributed by atoms with Gasteiger partial charge in [-0.05, 0) is 0 Å². The van der Waals surface area contributed by atoms with Crippen LogP contribution in [0.15, 0.2) is 12.2 Å². The Morgan fingerprint density at radius 3 is 1.38 bits per heavy atom. The lowest BCUT2D eigenvalue weighted by atomic mass is 9.80. The number of epoxide rings is 1. The number of halogens is 17. The molecular weight excluding hydrogens is 583 g/mol. The summed E-state index contributed by atoms with van der Waals surface area (Å²) in [7, 11) is 0. The Morgan fingerprint density at radius 1 is 0.676 bits per heavy atom. The number of alkyl halides is 17. The molecule has 1 saturated heterocycles. The molecule has 1 fully saturated rings. The lowest BCUT2D eigenvalue weighted by molar-refractivity contribution is -0.461. The molecule has 1 aliphatic heterocycles. The Bertz CT molecular complexity index is 917.